The second-order valence-electron chi connectivity index (χ2n) is 5.58. The molecule has 25 heavy (non-hydrogen) atoms. The van der Waals surface area contributed by atoms with Crippen molar-refractivity contribution in [3.8, 4) is 11.5 Å². The van der Waals surface area contributed by atoms with Crippen molar-refractivity contribution in [1.82, 2.24) is 0 Å². The first-order chi connectivity index (χ1) is 12.3. The molecule has 0 saturated heterocycles. The molecule has 3 rings (SSSR count). The van der Waals surface area contributed by atoms with Gasteiger partial charge in [0.15, 0.2) is 0 Å². The highest BCUT2D eigenvalue weighted by atomic mass is 35.5. The summed E-state index contributed by atoms with van der Waals surface area (Å²) >= 11 is 6.24. The van der Waals surface area contributed by atoms with Crippen LogP contribution in [0.15, 0.2) is 42.5 Å². The molecule has 0 heterocycles. The van der Waals surface area contributed by atoms with E-state index in [0.29, 0.717) is 31.5 Å². The molecule has 0 saturated carbocycles. The molecule has 0 aromatic heterocycles. The number of benzene rings is 3. The summed E-state index contributed by atoms with van der Waals surface area (Å²) in [6, 6.07) is 13.8. The largest absolute Gasteiger partial charge is 0.490 e. The summed E-state index contributed by atoms with van der Waals surface area (Å²) in [7, 11) is 3.31. The van der Waals surface area contributed by atoms with Crippen molar-refractivity contribution in [2.24, 2.45) is 0 Å². The first kappa shape index (κ1) is 17.8. The van der Waals surface area contributed by atoms with Gasteiger partial charge in [0.25, 0.3) is 0 Å². The fraction of sp³-hybridized carbons (Fsp3) is 0.300. The zero-order valence-electron chi connectivity index (χ0n) is 14.4. The van der Waals surface area contributed by atoms with Gasteiger partial charge in [-0.2, -0.15) is 0 Å². The van der Waals surface area contributed by atoms with Crippen molar-refractivity contribution in [2.75, 3.05) is 40.6 Å². The number of rotatable bonds is 8. The Hall–Kier alpha value is -2.01. The third kappa shape index (κ3) is 3.82. The predicted molar refractivity (Wildman–Crippen MR) is 101 cm³/mol. The highest BCUT2D eigenvalue weighted by Gasteiger charge is 2.16. The zero-order chi connectivity index (χ0) is 17.6. The fourth-order valence-electron chi connectivity index (χ4n) is 2.84. The molecule has 5 heteroatoms. The van der Waals surface area contributed by atoms with Crippen LogP contribution in [-0.2, 0) is 9.47 Å². The van der Waals surface area contributed by atoms with Gasteiger partial charge in [0.2, 0.25) is 0 Å². The third-order valence-electron chi connectivity index (χ3n) is 3.95. The molecule has 0 bridgehead atoms. The summed E-state index contributed by atoms with van der Waals surface area (Å²) in [5, 5.41) is 4.53. The molecule has 0 spiro atoms. The van der Waals surface area contributed by atoms with Gasteiger partial charge in [-0.05, 0) is 18.2 Å². The molecule has 0 aliphatic heterocycles. The molecule has 0 aliphatic rings. The van der Waals surface area contributed by atoms with Crippen LogP contribution in [0, 0.1) is 0 Å². The van der Waals surface area contributed by atoms with Gasteiger partial charge in [-0.25, -0.2) is 0 Å². The average molecular weight is 361 g/mol. The SMILES string of the molecule is COCCOc1c2ccccc2c(OCCOC)c2cc(Cl)ccc12. The molecule has 0 amide bonds. The fourth-order valence-corrected chi connectivity index (χ4v) is 3.01. The van der Waals surface area contributed by atoms with Crippen LogP contribution in [-0.4, -0.2) is 40.6 Å². The van der Waals surface area contributed by atoms with Crippen molar-refractivity contribution >= 4 is 33.1 Å². The Balaban J connectivity index is 2.21. The molecule has 132 valence electrons. The van der Waals surface area contributed by atoms with Gasteiger partial charge < -0.3 is 18.9 Å². The van der Waals surface area contributed by atoms with E-state index >= 15 is 0 Å². The van der Waals surface area contributed by atoms with Crippen molar-refractivity contribution < 1.29 is 18.9 Å². The maximum Gasteiger partial charge on any atom is 0.135 e. The Labute approximate surface area is 152 Å². The second kappa shape index (κ2) is 8.39. The van der Waals surface area contributed by atoms with E-state index in [1.165, 1.54) is 0 Å². The zero-order valence-corrected chi connectivity index (χ0v) is 15.1. The molecule has 0 atom stereocenters. The van der Waals surface area contributed by atoms with E-state index in [-0.39, 0.29) is 0 Å². The van der Waals surface area contributed by atoms with E-state index in [1.54, 1.807) is 14.2 Å². The standard InChI is InChI=1S/C20H21ClO4/c1-22-9-11-24-19-15-5-3-4-6-16(15)20(25-12-10-23-2)18-13-14(21)7-8-17(18)19/h3-8,13H,9-12H2,1-2H3. The van der Waals surface area contributed by atoms with Crippen molar-refractivity contribution in [3.63, 3.8) is 0 Å². The minimum atomic E-state index is 0.464. The van der Waals surface area contributed by atoms with E-state index in [2.05, 4.69) is 0 Å². The Morgan fingerprint density at radius 3 is 1.76 bits per heavy atom. The maximum absolute atomic E-state index is 6.24. The quantitative estimate of drug-likeness (QED) is 0.431. The van der Waals surface area contributed by atoms with Gasteiger partial charge in [0.1, 0.15) is 24.7 Å². The smallest absolute Gasteiger partial charge is 0.135 e. The number of halogens is 1. The van der Waals surface area contributed by atoms with Gasteiger partial charge in [-0.3, -0.25) is 0 Å². The Morgan fingerprint density at radius 1 is 0.680 bits per heavy atom. The van der Waals surface area contributed by atoms with Crippen LogP contribution in [0.4, 0.5) is 0 Å². The van der Waals surface area contributed by atoms with E-state index in [4.69, 9.17) is 30.5 Å². The highest BCUT2D eigenvalue weighted by molar-refractivity contribution is 6.31. The molecule has 4 nitrogen and oxygen atoms in total. The summed E-state index contributed by atoms with van der Waals surface area (Å²) in [6.45, 7) is 1.98. The molecule has 3 aromatic rings. The Morgan fingerprint density at radius 2 is 1.20 bits per heavy atom. The van der Waals surface area contributed by atoms with E-state index in [0.717, 1.165) is 33.0 Å². The van der Waals surface area contributed by atoms with Crippen LogP contribution in [0.3, 0.4) is 0 Å². The first-order valence-electron chi connectivity index (χ1n) is 8.13. The average Bonchev–Trinajstić information content (AvgIpc) is 2.63. The maximum atomic E-state index is 6.24. The predicted octanol–water partition coefficient (Wildman–Crippen LogP) is 4.70. The first-order valence-corrected chi connectivity index (χ1v) is 8.51. The summed E-state index contributed by atoms with van der Waals surface area (Å²) in [5.41, 5.74) is 0. The van der Waals surface area contributed by atoms with Crippen molar-refractivity contribution in [2.45, 2.75) is 0 Å². The summed E-state index contributed by atoms with van der Waals surface area (Å²) < 4.78 is 22.3. The van der Waals surface area contributed by atoms with Gasteiger partial charge in [-0.1, -0.05) is 35.9 Å². The summed E-state index contributed by atoms with van der Waals surface area (Å²) in [5.74, 6) is 1.61. The van der Waals surface area contributed by atoms with Crippen LogP contribution >= 0.6 is 11.6 Å². The van der Waals surface area contributed by atoms with Crippen LogP contribution in [0.1, 0.15) is 0 Å². The topological polar surface area (TPSA) is 36.9 Å². The Bertz CT molecular complexity index is 863. The lowest BCUT2D eigenvalue weighted by Gasteiger charge is -2.18. The molecule has 3 aromatic carbocycles. The van der Waals surface area contributed by atoms with Crippen LogP contribution in [0.5, 0.6) is 11.5 Å². The number of ether oxygens (including phenoxy) is 4. The third-order valence-corrected chi connectivity index (χ3v) is 4.19. The number of hydrogen-bond donors (Lipinski definition) is 0. The Kier molecular flexibility index (Phi) is 5.97. The summed E-state index contributed by atoms with van der Waals surface area (Å²) in [6.07, 6.45) is 0. The van der Waals surface area contributed by atoms with Gasteiger partial charge in [0.05, 0.1) is 13.2 Å². The van der Waals surface area contributed by atoms with Gasteiger partial charge >= 0.3 is 0 Å². The van der Waals surface area contributed by atoms with Crippen molar-refractivity contribution in [3.05, 3.63) is 47.5 Å². The van der Waals surface area contributed by atoms with E-state index < -0.39 is 0 Å². The minimum absolute atomic E-state index is 0.464. The number of methoxy groups -OCH3 is 2. The number of fused-ring (bicyclic) bond motifs is 2. The molecule has 0 fully saturated rings. The molecular weight excluding hydrogens is 340 g/mol. The lowest BCUT2D eigenvalue weighted by molar-refractivity contribution is 0.147. The number of hydrogen-bond acceptors (Lipinski definition) is 4. The van der Waals surface area contributed by atoms with Crippen LogP contribution in [0.2, 0.25) is 5.02 Å². The molecular formula is C20H21ClO4. The molecule has 0 aliphatic carbocycles. The van der Waals surface area contributed by atoms with Crippen LogP contribution < -0.4 is 9.47 Å². The highest BCUT2D eigenvalue weighted by Crippen LogP contribution is 2.43. The van der Waals surface area contributed by atoms with Gasteiger partial charge in [0, 0.05) is 40.8 Å². The van der Waals surface area contributed by atoms with E-state index in [1.807, 2.05) is 42.5 Å². The molecule has 0 radical (unpaired) electrons. The van der Waals surface area contributed by atoms with Crippen molar-refractivity contribution in [1.29, 1.82) is 0 Å². The lowest BCUT2D eigenvalue weighted by atomic mass is 10.0. The van der Waals surface area contributed by atoms with Crippen LogP contribution in [0.25, 0.3) is 21.5 Å². The monoisotopic (exact) mass is 360 g/mol. The van der Waals surface area contributed by atoms with Gasteiger partial charge in [-0.15, -0.1) is 0 Å². The lowest BCUT2D eigenvalue weighted by Crippen LogP contribution is -2.07. The normalized spacial score (nSPS) is 11.2. The molecule has 0 N–H and O–H groups in total. The summed E-state index contributed by atoms with van der Waals surface area (Å²) in [4.78, 5) is 0. The van der Waals surface area contributed by atoms with E-state index in [9.17, 15) is 0 Å². The molecule has 0 unspecified atom stereocenters. The minimum Gasteiger partial charge on any atom is -0.490 e. The second-order valence-corrected chi connectivity index (χ2v) is 6.01.